The zero-order valence-corrected chi connectivity index (χ0v) is 12.1. The first kappa shape index (κ1) is 15.8. The van der Waals surface area contributed by atoms with Gasteiger partial charge < -0.3 is 19.7 Å². The van der Waals surface area contributed by atoms with Crippen LogP contribution in [0.3, 0.4) is 0 Å². The standard InChI is InChI=1S/C13H24N4O2/c1-4-19-8-6-17(2)13-15-10-12(11-16-13)9-14-5-7-18-3/h10-11,14H,4-9H2,1-3H3. The van der Waals surface area contributed by atoms with Crippen LogP contribution >= 0.6 is 0 Å². The number of ether oxygens (including phenoxy) is 2. The van der Waals surface area contributed by atoms with E-state index in [1.807, 2.05) is 31.3 Å². The van der Waals surface area contributed by atoms with Crippen molar-refractivity contribution in [3.63, 3.8) is 0 Å². The van der Waals surface area contributed by atoms with Gasteiger partial charge in [0.1, 0.15) is 0 Å². The van der Waals surface area contributed by atoms with Crippen molar-refractivity contribution in [1.29, 1.82) is 0 Å². The first-order valence-electron chi connectivity index (χ1n) is 6.57. The van der Waals surface area contributed by atoms with E-state index < -0.39 is 0 Å². The van der Waals surface area contributed by atoms with Gasteiger partial charge in [0, 0.05) is 58.4 Å². The predicted octanol–water partition coefficient (Wildman–Crippen LogP) is 0.685. The Labute approximate surface area is 115 Å². The molecule has 0 fully saturated rings. The van der Waals surface area contributed by atoms with Crippen molar-refractivity contribution in [3.05, 3.63) is 18.0 Å². The summed E-state index contributed by atoms with van der Waals surface area (Å²) in [6, 6.07) is 0. The van der Waals surface area contributed by atoms with Crippen LogP contribution in [0.5, 0.6) is 0 Å². The summed E-state index contributed by atoms with van der Waals surface area (Å²) in [5, 5.41) is 3.25. The van der Waals surface area contributed by atoms with Crippen LogP contribution in [0.25, 0.3) is 0 Å². The van der Waals surface area contributed by atoms with Crippen LogP contribution < -0.4 is 10.2 Å². The van der Waals surface area contributed by atoms with Crippen LogP contribution in [-0.4, -0.2) is 57.0 Å². The van der Waals surface area contributed by atoms with Gasteiger partial charge >= 0.3 is 0 Å². The predicted molar refractivity (Wildman–Crippen MR) is 75.4 cm³/mol. The number of nitrogens with one attached hydrogen (secondary N) is 1. The van der Waals surface area contributed by atoms with Crippen LogP contribution in [0.4, 0.5) is 5.95 Å². The molecular formula is C13H24N4O2. The molecule has 6 heteroatoms. The van der Waals surface area contributed by atoms with Crippen LogP contribution in [0, 0.1) is 0 Å². The van der Waals surface area contributed by atoms with E-state index in [1.165, 1.54) is 0 Å². The van der Waals surface area contributed by atoms with Gasteiger partial charge in [-0.15, -0.1) is 0 Å². The van der Waals surface area contributed by atoms with E-state index in [0.29, 0.717) is 13.2 Å². The number of hydrogen-bond donors (Lipinski definition) is 1. The molecular weight excluding hydrogens is 244 g/mol. The highest BCUT2D eigenvalue weighted by molar-refractivity contribution is 5.28. The lowest BCUT2D eigenvalue weighted by molar-refractivity contribution is 0.154. The third kappa shape index (κ3) is 6.47. The van der Waals surface area contributed by atoms with Crippen LogP contribution in [0.1, 0.15) is 12.5 Å². The fourth-order valence-electron chi connectivity index (χ4n) is 1.49. The van der Waals surface area contributed by atoms with Crippen molar-refractivity contribution in [2.45, 2.75) is 13.5 Å². The first-order chi connectivity index (χ1) is 9.27. The molecule has 1 N–H and O–H groups in total. The normalized spacial score (nSPS) is 10.7. The quantitative estimate of drug-likeness (QED) is 0.630. The maximum absolute atomic E-state index is 5.31. The van der Waals surface area contributed by atoms with Crippen molar-refractivity contribution < 1.29 is 9.47 Å². The number of rotatable bonds is 10. The average Bonchev–Trinajstić information content (AvgIpc) is 2.44. The summed E-state index contributed by atoms with van der Waals surface area (Å²) in [7, 11) is 3.66. The number of aromatic nitrogens is 2. The van der Waals surface area contributed by atoms with Gasteiger partial charge in [0.05, 0.1) is 13.2 Å². The molecule has 1 aromatic heterocycles. The lowest BCUT2D eigenvalue weighted by Gasteiger charge is -2.16. The van der Waals surface area contributed by atoms with Gasteiger partial charge in [-0.3, -0.25) is 0 Å². The Morgan fingerprint density at radius 1 is 1.26 bits per heavy atom. The zero-order valence-electron chi connectivity index (χ0n) is 12.1. The first-order valence-corrected chi connectivity index (χ1v) is 6.57. The van der Waals surface area contributed by atoms with Gasteiger partial charge in [-0.1, -0.05) is 0 Å². The minimum atomic E-state index is 0.691. The summed E-state index contributed by atoms with van der Waals surface area (Å²) in [4.78, 5) is 10.7. The molecule has 0 saturated carbocycles. The Balaban J connectivity index is 2.33. The number of anilines is 1. The summed E-state index contributed by atoms with van der Waals surface area (Å²) in [5.41, 5.74) is 1.07. The zero-order chi connectivity index (χ0) is 13.9. The fourth-order valence-corrected chi connectivity index (χ4v) is 1.49. The molecule has 0 aliphatic heterocycles. The van der Waals surface area contributed by atoms with Gasteiger partial charge in [-0.2, -0.15) is 0 Å². The van der Waals surface area contributed by atoms with Gasteiger partial charge in [-0.25, -0.2) is 9.97 Å². The highest BCUT2D eigenvalue weighted by Crippen LogP contribution is 2.04. The third-order valence-corrected chi connectivity index (χ3v) is 2.62. The minimum absolute atomic E-state index is 0.691. The molecule has 0 spiro atoms. The molecule has 0 atom stereocenters. The second-order valence-electron chi connectivity index (χ2n) is 4.18. The molecule has 6 nitrogen and oxygen atoms in total. The van der Waals surface area contributed by atoms with Gasteiger partial charge in [0.15, 0.2) is 0 Å². The SMILES string of the molecule is CCOCCN(C)c1ncc(CNCCOC)cn1. The Bertz CT molecular complexity index is 332. The van der Waals surface area contributed by atoms with E-state index in [2.05, 4.69) is 15.3 Å². The molecule has 0 unspecified atom stereocenters. The summed E-state index contributed by atoms with van der Waals surface area (Å²) in [5.74, 6) is 0.723. The highest BCUT2D eigenvalue weighted by Gasteiger charge is 2.03. The number of methoxy groups -OCH3 is 1. The molecule has 0 bridgehead atoms. The van der Waals surface area contributed by atoms with Gasteiger partial charge in [0.25, 0.3) is 0 Å². The number of hydrogen-bond acceptors (Lipinski definition) is 6. The van der Waals surface area contributed by atoms with E-state index in [9.17, 15) is 0 Å². The summed E-state index contributed by atoms with van der Waals surface area (Å²) >= 11 is 0. The lowest BCUT2D eigenvalue weighted by atomic mass is 10.3. The molecule has 0 aliphatic rings. The highest BCUT2D eigenvalue weighted by atomic mass is 16.5. The molecule has 0 radical (unpaired) electrons. The minimum Gasteiger partial charge on any atom is -0.383 e. The molecule has 0 amide bonds. The van der Waals surface area contributed by atoms with Crippen molar-refractivity contribution in [2.75, 3.05) is 52.0 Å². The maximum atomic E-state index is 5.31. The Morgan fingerprint density at radius 3 is 2.63 bits per heavy atom. The summed E-state index contributed by atoms with van der Waals surface area (Å²) in [6.45, 7) is 6.50. The molecule has 1 rings (SSSR count). The number of nitrogens with zero attached hydrogens (tertiary/aromatic N) is 3. The van der Waals surface area contributed by atoms with Crippen LogP contribution in [0.15, 0.2) is 12.4 Å². The molecule has 19 heavy (non-hydrogen) atoms. The van der Waals surface area contributed by atoms with Crippen LogP contribution in [-0.2, 0) is 16.0 Å². The summed E-state index contributed by atoms with van der Waals surface area (Å²) in [6.07, 6.45) is 3.69. The van der Waals surface area contributed by atoms with E-state index in [0.717, 1.165) is 37.8 Å². The van der Waals surface area contributed by atoms with Crippen molar-refractivity contribution in [3.8, 4) is 0 Å². The lowest BCUT2D eigenvalue weighted by Crippen LogP contribution is -2.25. The largest absolute Gasteiger partial charge is 0.383 e. The van der Waals surface area contributed by atoms with Crippen molar-refractivity contribution >= 4 is 5.95 Å². The molecule has 1 heterocycles. The second kappa shape index (κ2) is 9.66. The number of likely N-dealkylation sites (N-methyl/N-ethyl adjacent to an activating group) is 1. The monoisotopic (exact) mass is 268 g/mol. The van der Waals surface area contributed by atoms with Crippen molar-refractivity contribution in [1.82, 2.24) is 15.3 Å². The Hall–Kier alpha value is -1.24. The Morgan fingerprint density at radius 2 is 2.00 bits per heavy atom. The second-order valence-corrected chi connectivity index (χ2v) is 4.18. The van der Waals surface area contributed by atoms with E-state index >= 15 is 0 Å². The van der Waals surface area contributed by atoms with Gasteiger partial charge in [-0.05, 0) is 6.92 Å². The topological polar surface area (TPSA) is 59.5 Å². The molecule has 0 saturated heterocycles. The molecule has 0 aliphatic carbocycles. The Kier molecular flexibility index (Phi) is 8.04. The van der Waals surface area contributed by atoms with E-state index in [-0.39, 0.29) is 0 Å². The van der Waals surface area contributed by atoms with E-state index in [4.69, 9.17) is 9.47 Å². The molecule has 0 aromatic carbocycles. The third-order valence-electron chi connectivity index (χ3n) is 2.62. The van der Waals surface area contributed by atoms with Crippen LogP contribution in [0.2, 0.25) is 0 Å². The summed E-state index contributed by atoms with van der Waals surface area (Å²) < 4.78 is 10.3. The van der Waals surface area contributed by atoms with E-state index in [1.54, 1.807) is 7.11 Å². The van der Waals surface area contributed by atoms with Gasteiger partial charge in [0.2, 0.25) is 5.95 Å². The maximum Gasteiger partial charge on any atom is 0.225 e. The molecule has 108 valence electrons. The smallest absolute Gasteiger partial charge is 0.225 e. The average molecular weight is 268 g/mol. The van der Waals surface area contributed by atoms with Crippen molar-refractivity contribution in [2.24, 2.45) is 0 Å². The molecule has 1 aromatic rings. The fraction of sp³-hybridized carbons (Fsp3) is 0.692.